The van der Waals surface area contributed by atoms with E-state index in [2.05, 4.69) is 28.7 Å². The molecular formula is C15H21ClN4. The first-order valence-electron chi connectivity index (χ1n) is 6.83. The first-order valence-corrected chi connectivity index (χ1v) is 7.20. The van der Waals surface area contributed by atoms with Crippen LogP contribution in [0.15, 0.2) is 36.9 Å². The zero-order valence-electron chi connectivity index (χ0n) is 11.9. The van der Waals surface area contributed by atoms with Crippen LogP contribution in [-0.4, -0.2) is 15.6 Å². The second kappa shape index (κ2) is 6.77. The van der Waals surface area contributed by atoms with E-state index in [1.165, 1.54) is 5.56 Å². The molecule has 5 heteroatoms. The van der Waals surface area contributed by atoms with Crippen molar-refractivity contribution in [2.75, 3.05) is 5.73 Å². The van der Waals surface area contributed by atoms with Gasteiger partial charge in [-0.05, 0) is 24.1 Å². The quantitative estimate of drug-likeness (QED) is 0.804. The molecular weight excluding hydrogens is 272 g/mol. The summed E-state index contributed by atoms with van der Waals surface area (Å²) < 4.78 is 2.08. The average molecular weight is 293 g/mol. The Kier molecular flexibility index (Phi) is 5.04. The highest BCUT2D eigenvalue weighted by atomic mass is 35.5. The van der Waals surface area contributed by atoms with Crippen molar-refractivity contribution in [1.82, 2.24) is 14.9 Å². The highest BCUT2D eigenvalue weighted by Gasteiger charge is 2.13. The Morgan fingerprint density at radius 2 is 2.20 bits per heavy atom. The van der Waals surface area contributed by atoms with E-state index in [4.69, 9.17) is 17.3 Å². The third kappa shape index (κ3) is 3.99. The van der Waals surface area contributed by atoms with Gasteiger partial charge in [-0.25, -0.2) is 4.98 Å². The fraction of sp³-hybridized carbons (Fsp3) is 0.400. The number of nitrogen functional groups attached to an aromatic ring is 1. The Morgan fingerprint density at radius 3 is 2.80 bits per heavy atom. The minimum atomic E-state index is 0.247. The minimum Gasteiger partial charge on any atom is -0.398 e. The first kappa shape index (κ1) is 14.9. The lowest BCUT2D eigenvalue weighted by molar-refractivity contribution is 0.427. The van der Waals surface area contributed by atoms with Crippen molar-refractivity contribution in [3.8, 4) is 0 Å². The molecule has 0 aliphatic heterocycles. The van der Waals surface area contributed by atoms with Crippen LogP contribution in [0.2, 0.25) is 5.02 Å². The molecule has 1 aromatic carbocycles. The molecule has 1 atom stereocenters. The number of benzene rings is 1. The van der Waals surface area contributed by atoms with E-state index in [0.29, 0.717) is 16.8 Å². The van der Waals surface area contributed by atoms with Gasteiger partial charge in [-0.3, -0.25) is 0 Å². The average Bonchev–Trinajstić information content (AvgIpc) is 2.90. The summed E-state index contributed by atoms with van der Waals surface area (Å²) in [5, 5.41) is 4.18. The fourth-order valence-corrected chi connectivity index (χ4v) is 2.34. The second-order valence-electron chi connectivity index (χ2n) is 5.24. The van der Waals surface area contributed by atoms with E-state index in [9.17, 15) is 0 Å². The summed E-state index contributed by atoms with van der Waals surface area (Å²) in [5.74, 6) is 0. The van der Waals surface area contributed by atoms with Crippen LogP contribution in [0.1, 0.15) is 31.9 Å². The summed E-state index contributed by atoms with van der Waals surface area (Å²) in [6.45, 7) is 5.19. The maximum Gasteiger partial charge on any atom is 0.0945 e. The van der Waals surface area contributed by atoms with E-state index in [1.54, 1.807) is 6.20 Å². The van der Waals surface area contributed by atoms with Crippen LogP contribution >= 0.6 is 11.6 Å². The summed E-state index contributed by atoms with van der Waals surface area (Å²) in [5.41, 5.74) is 7.70. The van der Waals surface area contributed by atoms with E-state index in [0.717, 1.165) is 13.0 Å². The molecule has 20 heavy (non-hydrogen) atoms. The molecule has 0 saturated carbocycles. The van der Waals surface area contributed by atoms with Gasteiger partial charge < -0.3 is 15.6 Å². The van der Waals surface area contributed by atoms with Crippen LogP contribution in [0.4, 0.5) is 5.69 Å². The molecule has 0 aliphatic carbocycles. The number of rotatable bonds is 6. The predicted molar refractivity (Wildman–Crippen MR) is 83.7 cm³/mol. The summed E-state index contributed by atoms with van der Waals surface area (Å²) in [7, 11) is 0. The number of nitrogens with two attached hydrogens (primary N) is 1. The maximum atomic E-state index is 5.99. The minimum absolute atomic E-state index is 0.247. The molecule has 1 unspecified atom stereocenters. The SMILES string of the molecule is CC(C)NC(CCn1ccnc1)c1ccc(Cl)c(N)c1. The van der Waals surface area contributed by atoms with Gasteiger partial charge in [0, 0.05) is 31.0 Å². The van der Waals surface area contributed by atoms with Gasteiger partial charge >= 0.3 is 0 Å². The molecule has 2 rings (SSSR count). The van der Waals surface area contributed by atoms with E-state index in [1.807, 2.05) is 30.7 Å². The van der Waals surface area contributed by atoms with E-state index < -0.39 is 0 Å². The third-order valence-corrected chi connectivity index (χ3v) is 3.54. The summed E-state index contributed by atoms with van der Waals surface area (Å²) in [6.07, 6.45) is 6.58. The number of anilines is 1. The van der Waals surface area contributed by atoms with Crippen LogP contribution < -0.4 is 11.1 Å². The lowest BCUT2D eigenvalue weighted by Crippen LogP contribution is -2.29. The van der Waals surface area contributed by atoms with Gasteiger partial charge in [0.2, 0.25) is 0 Å². The van der Waals surface area contributed by atoms with Crippen LogP contribution in [0.25, 0.3) is 0 Å². The third-order valence-electron chi connectivity index (χ3n) is 3.19. The number of hydrogen-bond acceptors (Lipinski definition) is 3. The van der Waals surface area contributed by atoms with Crippen molar-refractivity contribution in [2.45, 2.75) is 38.9 Å². The standard InChI is InChI=1S/C15H21ClN4/c1-11(2)19-15(5-7-20-8-6-18-10-20)12-3-4-13(16)14(17)9-12/h3-4,6,8-11,15,19H,5,7,17H2,1-2H3. The Labute approximate surface area is 125 Å². The van der Waals surface area contributed by atoms with Crippen molar-refractivity contribution in [1.29, 1.82) is 0 Å². The topological polar surface area (TPSA) is 55.9 Å². The van der Waals surface area contributed by atoms with Crippen molar-refractivity contribution in [2.24, 2.45) is 0 Å². The Hall–Kier alpha value is -1.52. The van der Waals surface area contributed by atoms with Gasteiger partial charge in [0.1, 0.15) is 0 Å². The highest BCUT2D eigenvalue weighted by Crippen LogP contribution is 2.25. The van der Waals surface area contributed by atoms with Crippen molar-refractivity contribution in [3.63, 3.8) is 0 Å². The van der Waals surface area contributed by atoms with E-state index >= 15 is 0 Å². The van der Waals surface area contributed by atoms with Crippen LogP contribution in [0, 0.1) is 0 Å². The summed E-state index contributed by atoms with van der Waals surface area (Å²) >= 11 is 5.99. The van der Waals surface area contributed by atoms with Gasteiger partial charge in [-0.1, -0.05) is 31.5 Å². The zero-order chi connectivity index (χ0) is 14.5. The molecule has 0 fully saturated rings. The molecule has 1 heterocycles. The molecule has 0 bridgehead atoms. The maximum absolute atomic E-state index is 5.99. The van der Waals surface area contributed by atoms with Crippen LogP contribution in [0.3, 0.4) is 0 Å². The Bertz CT molecular complexity index is 537. The molecule has 4 nitrogen and oxygen atoms in total. The molecule has 0 radical (unpaired) electrons. The van der Waals surface area contributed by atoms with Crippen molar-refractivity contribution >= 4 is 17.3 Å². The molecule has 3 N–H and O–H groups in total. The van der Waals surface area contributed by atoms with E-state index in [-0.39, 0.29) is 6.04 Å². The van der Waals surface area contributed by atoms with Gasteiger partial charge in [0.05, 0.1) is 17.0 Å². The summed E-state index contributed by atoms with van der Waals surface area (Å²) in [6, 6.07) is 6.50. The van der Waals surface area contributed by atoms with Gasteiger partial charge in [0.25, 0.3) is 0 Å². The fourth-order valence-electron chi connectivity index (χ4n) is 2.22. The number of nitrogens with zero attached hydrogens (tertiary/aromatic N) is 2. The number of aryl methyl sites for hydroxylation is 1. The van der Waals surface area contributed by atoms with Gasteiger partial charge in [0.15, 0.2) is 0 Å². The second-order valence-corrected chi connectivity index (χ2v) is 5.65. The molecule has 1 aromatic heterocycles. The zero-order valence-corrected chi connectivity index (χ0v) is 12.6. The molecule has 108 valence electrons. The van der Waals surface area contributed by atoms with Crippen LogP contribution in [-0.2, 0) is 6.54 Å². The number of aromatic nitrogens is 2. The largest absolute Gasteiger partial charge is 0.398 e. The molecule has 0 amide bonds. The Balaban J connectivity index is 2.11. The van der Waals surface area contributed by atoms with Crippen LogP contribution in [0.5, 0.6) is 0 Å². The predicted octanol–water partition coefficient (Wildman–Crippen LogP) is 3.25. The van der Waals surface area contributed by atoms with Crippen molar-refractivity contribution in [3.05, 3.63) is 47.5 Å². The molecule has 2 aromatic rings. The highest BCUT2D eigenvalue weighted by molar-refractivity contribution is 6.33. The van der Waals surface area contributed by atoms with Crippen molar-refractivity contribution < 1.29 is 0 Å². The molecule has 0 saturated heterocycles. The molecule has 0 spiro atoms. The smallest absolute Gasteiger partial charge is 0.0945 e. The number of nitrogens with one attached hydrogen (secondary N) is 1. The summed E-state index contributed by atoms with van der Waals surface area (Å²) in [4.78, 5) is 4.06. The molecule has 0 aliphatic rings. The normalized spacial score (nSPS) is 12.8. The first-order chi connectivity index (χ1) is 9.56. The number of hydrogen-bond donors (Lipinski definition) is 2. The van der Waals surface area contributed by atoms with Gasteiger partial charge in [-0.15, -0.1) is 0 Å². The lowest BCUT2D eigenvalue weighted by atomic mass is 10.0. The number of halogens is 1. The number of imidazole rings is 1. The van der Waals surface area contributed by atoms with Gasteiger partial charge in [-0.2, -0.15) is 0 Å². The lowest BCUT2D eigenvalue weighted by Gasteiger charge is -2.22. The Morgan fingerprint density at radius 1 is 1.40 bits per heavy atom. The monoisotopic (exact) mass is 292 g/mol.